The van der Waals surface area contributed by atoms with Crippen LogP contribution in [0.4, 0.5) is 26.3 Å². The Balaban J connectivity index is 1.45. The van der Waals surface area contributed by atoms with E-state index in [-0.39, 0.29) is 69.2 Å². The van der Waals surface area contributed by atoms with Gasteiger partial charge in [0.2, 0.25) is 0 Å². The van der Waals surface area contributed by atoms with Crippen molar-refractivity contribution in [2.45, 2.75) is 17.2 Å². The number of benzene rings is 5. The molecule has 0 saturated heterocycles. The van der Waals surface area contributed by atoms with Crippen molar-refractivity contribution in [3.05, 3.63) is 142 Å². The first-order valence-electron chi connectivity index (χ1n) is 14.0. The Kier molecular flexibility index (Phi) is 7.83. The second kappa shape index (κ2) is 11.7. The fourth-order valence-electron chi connectivity index (χ4n) is 5.15. The third-order valence-corrected chi connectivity index (χ3v) is 14.7. The van der Waals surface area contributed by atoms with Crippen LogP contribution in [0.25, 0.3) is 43.9 Å². The molecule has 0 aliphatic rings. The van der Waals surface area contributed by atoms with Crippen LogP contribution in [0.5, 0.6) is 0 Å². The molecule has 0 unspecified atom stereocenters. The molecule has 0 atom stereocenters. The summed E-state index contributed by atoms with van der Waals surface area (Å²) >= 11 is -4.00. The molecule has 7 nitrogen and oxygen atoms in total. The first-order valence-corrected chi connectivity index (χ1v) is 18.4. The summed E-state index contributed by atoms with van der Waals surface area (Å²) in [5.41, 5.74) is -3.84. The summed E-state index contributed by atoms with van der Waals surface area (Å²) in [6.45, 7) is 0. The molecule has 15 heteroatoms. The molecule has 2 aromatic heterocycles. The molecule has 0 aliphatic heterocycles. The summed E-state index contributed by atoms with van der Waals surface area (Å²) in [6.07, 6.45) is -10.7. The third kappa shape index (κ3) is 6.06. The van der Waals surface area contributed by atoms with Gasteiger partial charge in [0.25, 0.3) is 0 Å². The van der Waals surface area contributed by atoms with Crippen LogP contribution >= 0.6 is 20.2 Å². The van der Waals surface area contributed by atoms with Gasteiger partial charge < -0.3 is 0 Å². The molecule has 7 aromatic rings. The van der Waals surface area contributed by atoms with Crippen LogP contribution < -0.4 is 10.9 Å². The normalized spacial score (nSPS) is 13.1. The number of alkyl halides is 6. The zero-order valence-electron chi connectivity index (χ0n) is 24.2. The molecule has 49 heavy (non-hydrogen) atoms. The minimum atomic E-state index is -5.35. The molecule has 0 fully saturated rings. The van der Waals surface area contributed by atoms with Gasteiger partial charge in [-0.05, 0) is 0 Å². The summed E-state index contributed by atoms with van der Waals surface area (Å²) in [5.74, 6) is 0. The van der Waals surface area contributed by atoms with Crippen LogP contribution in [-0.2, 0) is 25.0 Å². The van der Waals surface area contributed by atoms with Crippen LogP contribution in [-0.4, -0.2) is 8.42 Å². The predicted molar refractivity (Wildman–Crippen MR) is 176 cm³/mol. The maximum atomic E-state index is 13.7. The van der Waals surface area contributed by atoms with E-state index in [2.05, 4.69) is 0 Å². The van der Waals surface area contributed by atoms with E-state index in [1.807, 2.05) is 0 Å². The second-order valence-corrected chi connectivity index (χ2v) is 17.1. The van der Waals surface area contributed by atoms with E-state index in [4.69, 9.17) is 11.3 Å². The van der Waals surface area contributed by atoms with Crippen molar-refractivity contribution in [1.82, 2.24) is 0 Å². The van der Waals surface area contributed by atoms with Gasteiger partial charge in [-0.25, -0.2) is 0 Å². The van der Waals surface area contributed by atoms with Crippen LogP contribution in [0.1, 0.15) is 11.1 Å². The molecule has 0 aliphatic carbocycles. The Hall–Kier alpha value is -4.74. The molecule has 0 N–H and O–H groups in total. The maximum absolute atomic E-state index is 13.7. The zero-order chi connectivity index (χ0) is 34.9. The molecule has 0 spiro atoms. The van der Waals surface area contributed by atoms with Gasteiger partial charge in [0.1, 0.15) is 0 Å². The van der Waals surface area contributed by atoms with Crippen LogP contribution in [0.15, 0.2) is 126 Å². The Bertz CT molecular complexity index is 2540. The number of fused-ring (bicyclic) bond motifs is 4. The quantitative estimate of drug-likeness (QED) is 0.0971. The van der Waals surface area contributed by atoms with E-state index in [1.165, 1.54) is 48.5 Å². The number of hydrogen-bond donors (Lipinski definition) is 0. The molecule has 7 rings (SSSR count). The third-order valence-electron chi connectivity index (χ3n) is 7.47. The number of hydrogen-bond acceptors (Lipinski definition) is 7. The van der Waals surface area contributed by atoms with Gasteiger partial charge in [-0.15, -0.1) is 0 Å². The average Bonchev–Trinajstić information content (AvgIpc) is 3.06. The molecule has 0 saturated carbocycles. The van der Waals surface area contributed by atoms with Gasteiger partial charge in [0.15, 0.2) is 0 Å². The van der Waals surface area contributed by atoms with Gasteiger partial charge in [0.05, 0.1) is 0 Å². The van der Waals surface area contributed by atoms with Crippen molar-refractivity contribution in [1.29, 1.82) is 0 Å². The fourth-order valence-corrected chi connectivity index (χ4v) is 12.3. The summed E-state index contributed by atoms with van der Waals surface area (Å²) in [4.78, 5) is 25.5. The van der Waals surface area contributed by atoms with Crippen LogP contribution in [0.3, 0.4) is 0 Å². The Morgan fingerprint density at radius 1 is 0.531 bits per heavy atom. The SMILES string of the molecule is O=c1c2ccccc2oc2ccc(I(OS(=O)(=O)c3cc(C(F)(F)F)cc(C(F)(F)F)c3)c3ccc4oc5ccccc5c(=O)c4c3)cc12. The van der Waals surface area contributed by atoms with Crippen LogP contribution in [0, 0.1) is 7.14 Å². The second-order valence-electron chi connectivity index (χ2n) is 10.6. The van der Waals surface area contributed by atoms with Gasteiger partial charge in [0, 0.05) is 0 Å². The van der Waals surface area contributed by atoms with Crippen molar-refractivity contribution in [2.75, 3.05) is 0 Å². The number of para-hydroxylation sites is 2. The minimum absolute atomic E-state index is 0.0178. The van der Waals surface area contributed by atoms with E-state index in [0.717, 1.165) is 0 Å². The topological polar surface area (TPSA) is 104 Å². The van der Waals surface area contributed by atoms with Gasteiger partial charge in [-0.1, -0.05) is 0 Å². The molecule has 0 amide bonds. The summed E-state index contributed by atoms with van der Waals surface area (Å²) in [5, 5.41) is 0.452. The van der Waals surface area contributed by atoms with E-state index >= 15 is 0 Å². The number of rotatable bonds is 5. The summed E-state index contributed by atoms with van der Waals surface area (Å²) < 4.78 is 127. The van der Waals surface area contributed by atoms with Crippen LogP contribution in [0.2, 0.25) is 0 Å². The fraction of sp³-hybridized carbons (Fsp3) is 0.0588. The van der Waals surface area contributed by atoms with Crippen molar-refractivity contribution in [3.63, 3.8) is 0 Å². The molecule has 5 aromatic carbocycles. The Labute approximate surface area is 278 Å². The Morgan fingerprint density at radius 2 is 0.939 bits per heavy atom. The molecule has 0 bridgehead atoms. The van der Waals surface area contributed by atoms with Gasteiger partial charge >= 0.3 is 279 Å². The number of halogens is 7. The molecular formula is C34H17F6IO7S. The van der Waals surface area contributed by atoms with E-state index in [0.29, 0.717) is 0 Å². The van der Waals surface area contributed by atoms with Crippen molar-refractivity contribution >= 4 is 74.2 Å². The summed E-state index contributed by atoms with van der Waals surface area (Å²) in [7, 11) is -5.35. The molecular weight excluding hydrogens is 793 g/mol. The monoisotopic (exact) mass is 810 g/mol. The summed E-state index contributed by atoms with van der Waals surface area (Å²) in [6, 6.07) is 20.8. The molecule has 0 radical (unpaired) electrons. The van der Waals surface area contributed by atoms with E-state index in [1.54, 1.807) is 36.4 Å². The molecule has 250 valence electrons. The standard InChI is InChI=1S/C34H17F6IO7S/c35-33(36,37)18-13-19(34(38,39)40)15-22(14-18)49(44,45)48-41(20-9-11-29-25(16-20)31(42)23-5-1-3-7-27(23)46-29)21-10-12-30-26(17-21)32(43)24-6-2-4-8-28(24)47-30/h1-17H. The van der Waals surface area contributed by atoms with Crippen molar-refractivity contribution in [3.8, 4) is 0 Å². The molecule has 2 heterocycles. The zero-order valence-corrected chi connectivity index (χ0v) is 27.2. The van der Waals surface area contributed by atoms with Gasteiger partial charge in [-0.2, -0.15) is 0 Å². The predicted octanol–water partition coefficient (Wildman–Crippen LogP) is 9.11. The first kappa shape index (κ1) is 32.8. The first-order chi connectivity index (χ1) is 23.1. The van der Waals surface area contributed by atoms with Gasteiger partial charge in [-0.3, -0.25) is 0 Å². The van der Waals surface area contributed by atoms with E-state index < -0.39 is 69.6 Å². The Morgan fingerprint density at radius 3 is 1.37 bits per heavy atom. The van der Waals surface area contributed by atoms with Crippen molar-refractivity contribution in [2.24, 2.45) is 0 Å². The van der Waals surface area contributed by atoms with E-state index in [9.17, 15) is 44.3 Å². The average molecular weight is 810 g/mol. The van der Waals surface area contributed by atoms with Crippen molar-refractivity contribution < 1.29 is 46.1 Å².